The molecule has 0 unspecified atom stereocenters. The molecule has 0 aromatic rings. The highest BCUT2D eigenvalue weighted by Gasteiger charge is 2.55. The zero-order valence-electron chi connectivity index (χ0n) is 10.5. The Morgan fingerprint density at radius 3 is 2.29 bits per heavy atom. The minimum Gasteiger partial charge on any atom is -0.444 e. The molecule has 0 bridgehead atoms. The van der Waals surface area contributed by atoms with Crippen molar-refractivity contribution in [2.24, 2.45) is 11.1 Å². The summed E-state index contributed by atoms with van der Waals surface area (Å²) < 4.78 is 30.7. The molecule has 100 valence electrons. The number of hydrogen-bond acceptors (Lipinski definition) is 3. The Morgan fingerprint density at radius 2 is 1.94 bits per heavy atom. The first-order chi connectivity index (χ1) is 7.58. The summed E-state index contributed by atoms with van der Waals surface area (Å²) in [7, 11) is 0. The average molecular weight is 250 g/mol. The molecule has 0 radical (unpaired) electrons. The average Bonchev–Trinajstić information content (AvgIpc) is 2.08. The number of alkyl halides is 2. The van der Waals surface area contributed by atoms with Gasteiger partial charge in [0.05, 0.1) is 0 Å². The largest absolute Gasteiger partial charge is 0.444 e. The summed E-state index contributed by atoms with van der Waals surface area (Å²) in [5, 5.41) is 2.50. The van der Waals surface area contributed by atoms with Gasteiger partial charge in [-0.15, -0.1) is 0 Å². The van der Waals surface area contributed by atoms with Gasteiger partial charge in [-0.25, -0.2) is 13.6 Å². The lowest BCUT2D eigenvalue weighted by Gasteiger charge is -2.46. The van der Waals surface area contributed by atoms with Crippen LogP contribution < -0.4 is 11.1 Å². The molecule has 0 spiro atoms. The minimum atomic E-state index is -2.64. The molecule has 1 aliphatic rings. The molecule has 6 heteroatoms. The van der Waals surface area contributed by atoms with Gasteiger partial charge in [0.1, 0.15) is 5.60 Å². The van der Waals surface area contributed by atoms with Gasteiger partial charge < -0.3 is 15.8 Å². The molecule has 1 saturated carbocycles. The summed E-state index contributed by atoms with van der Waals surface area (Å²) >= 11 is 0. The zero-order chi connectivity index (χ0) is 13.3. The molecule has 4 nitrogen and oxygen atoms in total. The quantitative estimate of drug-likeness (QED) is 0.804. The number of amides is 1. The predicted molar refractivity (Wildman–Crippen MR) is 59.9 cm³/mol. The van der Waals surface area contributed by atoms with Crippen molar-refractivity contribution in [3.05, 3.63) is 0 Å². The van der Waals surface area contributed by atoms with Crippen molar-refractivity contribution in [3.63, 3.8) is 0 Å². The van der Waals surface area contributed by atoms with Crippen molar-refractivity contribution in [2.45, 2.75) is 45.1 Å². The fourth-order valence-electron chi connectivity index (χ4n) is 1.96. The van der Waals surface area contributed by atoms with Crippen LogP contribution in [0.2, 0.25) is 0 Å². The highest BCUT2D eigenvalue weighted by molar-refractivity contribution is 5.67. The van der Waals surface area contributed by atoms with E-state index in [4.69, 9.17) is 10.5 Å². The smallest absolute Gasteiger partial charge is 0.407 e. The number of halogens is 2. The number of carbonyl (C=O) groups is 1. The summed E-state index contributed by atoms with van der Waals surface area (Å²) in [5.41, 5.74) is 4.20. The lowest BCUT2D eigenvalue weighted by atomic mass is 9.66. The zero-order valence-corrected chi connectivity index (χ0v) is 10.5. The van der Waals surface area contributed by atoms with Gasteiger partial charge in [-0.2, -0.15) is 0 Å². The Hall–Kier alpha value is -0.910. The van der Waals surface area contributed by atoms with E-state index in [2.05, 4.69) is 5.32 Å². The molecule has 1 rings (SSSR count). The Morgan fingerprint density at radius 1 is 1.41 bits per heavy atom. The third kappa shape index (κ3) is 4.11. The van der Waals surface area contributed by atoms with E-state index < -0.39 is 23.0 Å². The molecule has 0 atom stereocenters. The number of alkyl carbamates (subject to hydrolysis) is 1. The van der Waals surface area contributed by atoms with E-state index in [1.165, 1.54) is 0 Å². The van der Waals surface area contributed by atoms with E-state index in [1.807, 2.05) is 0 Å². The minimum absolute atomic E-state index is 0.133. The van der Waals surface area contributed by atoms with Crippen LogP contribution in [0, 0.1) is 5.41 Å². The highest BCUT2D eigenvalue weighted by Crippen LogP contribution is 2.50. The third-order valence-corrected chi connectivity index (χ3v) is 2.71. The second-order valence-electron chi connectivity index (χ2n) is 5.77. The van der Waals surface area contributed by atoms with Crippen LogP contribution in [0.1, 0.15) is 33.6 Å². The molecule has 0 saturated heterocycles. The molecule has 0 aliphatic heterocycles. The van der Waals surface area contributed by atoms with Crippen molar-refractivity contribution < 1.29 is 18.3 Å². The first-order valence-electron chi connectivity index (χ1n) is 5.62. The highest BCUT2D eigenvalue weighted by atomic mass is 19.3. The number of ether oxygens (including phenoxy) is 1. The lowest BCUT2D eigenvalue weighted by Crippen LogP contribution is -2.56. The third-order valence-electron chi connectivity index (χ3n) is 2.71. The molecule has 1 fully saturated rings. The fraction of sp³-hybridized carbons (Fsp3) is 0.909. The number of carbonyl (C=O) groups excluding carboxylic acids is 1. The molecule has 0 heterocycles. The Kier molecular flexibility index (Phi) is 3.66. The van der Waals surface area contributed by atoms with Gasteiger partial charge >= 0.3 is 6.09 Å². The first kappa shape index (κ1) is 14.2. The normalized spacial score (nSPS) is 21.5. The van der Waals surface area contributed by atoms with Crippen molar-refractivity contribution in [2.75, 3.05) is 13.1 Å². The Labute approximate surface area is 99.9 Å². The molecule has 1 aliphatic carbocycles. The molecule has 3 N–H and O–H groups in total. The molecular formula is C11H20F2N2O2. The van der Waals surface area contributed by atoms with Crippen molar-refractivity contribution in [1.29, 1.82) is 0 Å². The van der Waals surface area contributed by atoms with Gasteiger partial charge in [0.2, 0.25) is 5.92 Å². The summed E-state index contributed by atoms with van der Waals surface area (Å²) in [6, 6.07) is 0. The maximum absolute atomic E-state index is 12.8. The van der Waals surface area contributed by atoms with Gasteiger partial charge in [0, 0.05) is 31.3 Å². The van der Waals surface area contributed by atoms with Crippen molar-refractivity contribution in [3.8, 4) is 0 Å². The van der Waals surface area contributed by atoms with E-state index >= 15 is 0 Å². The van der Waals surface area contributed by atoms with Crippen LogP contribution in [-0.4, -0.2) is 30.7 Å². The SMILES string of the molecule is CC(C)(C)OC(=O)NCC1(CN)CC(F)(F)C1. The van der Waals surface area contributed by atoms with Gasteiger partial charge in [-0.3, -0.25) is 0 Å². The maximum Gasteiger partial charge on any atom is 0.407 e. The van der Waals surface area contributed by atoms with E-state index in [9.17, 15) is 13.6 Å². The monoisotopic (exact) mass is 250 g/mol. The van der Waals surface area contributed by atoms with E-state index in [0.717, 1.165) is 0 Å². The van der Waals surface area contributed by atoms with Crippen LogP contribution in [0.15, 0.2) is 0 Å². The van der Waals surface area contributed by atoms with Crippen LogP contribution in [0.3, 0.4) is 0 Å². The molecule has 17 heavy (non-hydrogen) atoms. The fourth-order valence-corrected chi connectivity index (χ4v) is 1.96. The van der Waals surface area contributed by atoms with E-state index in [0.29, 0.717) is 0 Å². The second kappa shape index (κ2) is 4.40. The van der Waals surface area contributed by atoms with Gasteiger partial charge in [-0.05, 0) is 20.8 Å². The summed E-state index contributed by atoms with van der Waals surface area (Å²) in [5.74, 6) is -2.64. The molecular weight excluding hydrogens is 230 g/mol. The molecule has 0 aromatic heterocycles. The standard InChI is InChI=1S/C11H20F2N2O2/c1-9(2,3)17-8(16)15-7-10(6-14)4-11(12,13)5-10/h4-7,14H2,1-3H3,(H,15,16). The number of nitrogens with one attached hydrogen (secondary N) is 1. The van der Waals surface area contributed by atoms with Crippen LogP contribution in [0.5, 0.6) is 0 Å². The van der Waals surface area contributed by atoms with E-state index in [1.54, 1.807) is 20.8 Å². The topological polar surface area (TPSA) is 64.3 Å². The second-order valence-corrected chi connectivity index (χ2v) is 5.77. The number of nitrogens with two attached hydrogens (primary N) is 1. The molecule has 1 amide bonds. The molecule has 0 aromatic carbocycles. The summed E-state index contributed by atoms with van der Waals surface area (Å²) in [4.78, 5) is 11.4. The lowest BCUT2D eigenvalue weighted by molar-refractivity contribution is -0.155. The van der Waals surface area contributed by atoms with Crippen LogP contribution >= 0.6 is 0 Å². The van der Waals surface area contributed by atoms with Gasteiger partial charge in [0.15, 0.2) is 0 Å². The van der Waals surface area contributed by atoms with Crippen LogP contribution in [-0.2, 0) is 4.74 Å². The van der Waals surface area contributed by atoms with Crippen LogP contribution in [0.25, 0.3) is 0 Å². The Bertz CT molecular complexity index is 292. The summed E-state index contributed by atoms with van der Waals surface area (Å²) in [6.45, 7) is 5.49. The van der Waals surface area contributed by atoms with Crippen LogP contribution in [0.4, 0.5) is 13.6 Å². The predicted octanol–water partition coefficient (Wildman–Crippen LogP) is 1.89. The van der Waals surface area contributed by atoms with Gasteiger partial charge in [0.25, 0.3) is 0 Å². The van der Waals surface area contributed by atoms with Gasteiger partial charge in [-0.1, -0.05) is 0 Å². The van der Waals surface area contributed by atoms with E-state index in [-0.39, 0.29) is 25.9 Å². The Balaban J connectivity index is 2.38. The van der Waals surface area contributed by atoms with Crippen molar-refractivity contribution in [1.82, 2.24) is 5.32 Å². The maximum atomic E-state index is 12.8. The number of hydrogen-bond donors (Lipinski definition) is 2. The number of rotatable bonds is 3. The summed E-state index contributed by atoms with van der Waals surface area (Å²) in [6.07, 6.45) is -1.14. The van der Waals surface area contributed by atoms with Crippen molar-refractivity contribution >= 4 is 6.09 Å². The first-order valence-corrected chi connectivity index (χ1v) is 5.62.